The van der Waals surface area contributed by atoms with Gasteiger partial charge < -0.3 is 0 Å². The fourth-order valence-corrected chi connectivity index (χ4v) is 1.50. The minimum atomic E-state index is 1.02. The largest absolute Gasteiger partial charge is 0.242 e. The van der Waals surface area contributed by atoms with Gasteiger partial charge in [-0.2, -0.15) is 0 Å². The molecule has 10 heavy (non-hydrogen) atoms. The van der Waals surface area contributed by atoms with E-state index in [9.17, 15) is 0 Å². The van der Waals surface area contributed by atoms with E-state index in [1.54, 1.807) is 11.3 Å². The van der Waals surface area contributed by atoms with Crippen LogP contribution in [0.25, 0.3) is 5.57 Å². The molecule has 0 saturated heterocycles. The second kappa shape index (κ2) is 2.97. The lowest BCUT2D eigenvalue weighted by Crippen LogP contribution is -1.79. The zero-order valence-corrected chi connectivity index (χ0v) is 7.16. The van der Waals surface area contributed by atoms with Gasteiger partial charge in [0, 0.05) is 5.38 Å². The fourth-order valence-electron chi connectivity index (χ4n) is 0.665. The Morgan fingerprint density at radius 3 is 2.80 bits per heavy atom. The second-order valence-electron chi connectivity index (χ2n) is 2.28. The van der Waals surface area contributed by atoms with Gasteiger partial charge in [0.2, 0.25) is 0 Å². The van der Waals surface area contributed by atoms with Crippen LogP contribution >= 0.6 is 11.3 Å². The van der Waals surface area contributed by atoms with E-state index in [2.05, 4.69) is 23.9 Å². The van der Waals surface area contributed by atoms with Gasteiger partial charge in [0.25, 0.3) is 0 Å². The van der Waals surface area contributed by atoms with Gasteiger partial charge in [-0.3, -0.25) is 0 Å². The summed E-state index contributed by atoms with van der Waals surface area (Å²) in [6, 6.07) is 0. The van der Waals surface area contributed by atoms with E-state index < -0.39 is 0 Å². The van der Waals surface area contributed by atoms with Crippen molar-refractivity contribution in [2.75, 3.05) is 0 Å². The normalized spacial score (nSPS) is 9.80. The Labute approximate surface area is 65.4 Å². The maximum absolute atomic E-state index is 4.35. The summed E-state index contributed by atoms with van der Waals surface area (Å²) >= 11 is 1.67. The molecule has 0 radical (unpaired) electrons. The van der Waals surface area contributed by atoms with Crippen molar-refractivity contribution in [1.29, 1.82) is 0 Å². The molecule has 0 amide bonds. The molecular weight excluding hydrogens is 142 g/mol. The number of rotatable bonds is 2. The molecule has 0 saturated carbocycles. The predicted octanol–water partition coefficient (Wildman–Crippen LogP) is 2.74. The molecule has 0 N–H and O–H groups in total. The van der Waals surface area contributed by atoms with E-state index in [-0.39, 0.29) is 0 Å². The second-order valence-corrected chi connectivity index (χ2v) is 3.14. The van der Waals surface area contributed by atoms with Crippen molar-refractivity contribution in [3.8, 4) is 0 Å². The first kappa shape index (κ1) is 7.48. The van der Waals surface area contributed by atoms with E-state index in [1.165, 1.54) is 5.69 Å². The molecule has 1 aromatic heterocycles. The molecule has 0 aliphatic rings. The number of aryl methyl sites for hydroxylation is 1. The summed E-state index contributed by atoms with van der Waals surface area (Å²) in [7, 11) is 0. The number of allylic oxidation sites excluding steroid dienone is 1. The van der Waals surface area contributed by atoms with E-state index in [0.29, 0.717) is 0 Å². The van der Waals surface area contributed by atoms with Crippen molar-refractivity contribution < 1.29 is 0 Å². The van der Waals surface area contributed by atoms with Crippen LogP contribution in [0.4, 0.5) is 0 Å². The third kappa shape index (κ3) is 1.45. The van der Waals surface area contributed by atoms with E-state index in [4.69, 9.17) is 0 Å². The van der Waals surface area contributed by atoms with Crippen molar-refractivity contribution in [3.05, 3.63) is 22.7 Å². The van der Waals surface area contributed by atoms with Gasteiger partial charge in [-0.1, -0.05) is 13.5 Å². The standard InChI is InChI=1S/C8H11NS/c1-4-7-5-10-8(9-7)6(2)3/h5H,2,4H2,1,3H3. The highest BCUT2D eigenvalue weighted by molar-refractivity contribution is 7.10. The summed E-state index contributed by atoms with van der Waals surface area (Å²) in [5.74, 6) is 0. The van der Waals surface area contributed by atoms with Crippen molar-refractivity contribution in [2.45, 2.75) is 20.3 Å². The Balaban J connectivity index is 2.88. The number of hydrogen-bond acceptors (Lipinski definition) is 2. The minimum absolute atomic E-state index is 1.02. The minimum Gasteiger partial charge on any atom is -0.242 e. The SMILES string of the molecule is C=C(C)c1nc(CC)cs1. The van der Waals surface area contributed by atoms with Crippen LogP contribution < -0.4 is 0 Å². The van der Waals surface area contributed by atoms with Crippen LogP contribution in [0.1, 0.15) is 24.5 Å². The van der Waals surface area contributed by atoms with Crippen molar-refractivity contribution >= 4 is 16.9 Å². The monoisotopic (exact) mass is 153 g/mol. The Morgan fingerprint density at radius 2 is 2.50 bits per heavy atom. The van der Waals surface area contributed by atoms with Crippen LogP contribution in [0.3, 0.4) is 0 Å². The lowest BCUT2D eigenvalue weighted by atomic mass is 10.3. The highest BCUT2D eigenvalue weighted by Crippen LogP contribution is 2.16. The van der Waals surface area contributed by atoms with Crippen molar-refractivity contribution in [1.82, 2.24) is 4.98 Å². The van der Waals surface area contributed by atoms with E-state index in [1.807, 2.05) is 6.92 Å². The smallest absolute Gasteiger partial charge is 0.118 e. The quantitative estimate of drug-likeness (QED) is 0.636. The lowest BCUT2D eigenvalue weighted by Gasteiger charge is -1.87. The molecule has 1 nitrogen and oxygen atoms in total. The van der Waals surface area contributed by atoms with Crippen LogP contribution in [0.5, 0.6) is 0 Å². The maximum Gasteiger partial charge on any atom is 0.118 e. The summed E-state index contributed by atoms with van der Waals surface area (Å²) in [6.45, 7) is 7.91. The van der Waals surface area contributed by atoms with E-state index >= 15 is 0 Å². The molecule has 0 aromatic carbocycles. The zero-order chi connectivity index (χ0) is 7.56. The highest BCUT2D eigenvalue weighted by atomic mass is 32.1. The number of hydrogen-bond donors (Lipinski definition) is 0. The van der Waals surface area contributed by atoms with Crippen molar-refractivity contribution in [2.24, 2.45) is 0 Å². The van der Waals surface area contributed by atoms with Gasteiger partial charge in [-0.15, -0.1) is 11.3 Å². The molecule has 0 spiro atoms. The summed E-state index contributed by atoms with van der Waals surface area (Å²) in [5, 5.41) is 3.15. The first-order valence-electron chi connectivity index (χ1n) is 3.34. The van der Waals surface area contributed by atoms with Crippen LogP contribution in [0.15, 0.2) is 12.0 Å². The average Bonchev–Trinajstić information content (AvgIpc) is 2.34. The fraction of sp³-hybridized carbons (Fsp3) is 0.375. The molecule has 0 unspecified atom stereocenters. The molecule has 0 atom stereocenters. The van der Waals surface area contributed by atoms with Gasteiger partial charge in [0.15, 0.2) is 0 Å². The van der Waals surface area contributed by atoms with Crippen LogP contribution in [-0.2, 0) is 6.42 Å². The summed E-state index contributed by atoms with van der Waals surface area (Å²) < 4.78 is 0. The third-order valence-electron chi connectivity index (χ3n) is 1.28. The van der Waals surface area contributed by atoms with Gasteiger partial charge in [0.05, 0.1) is 5.69 Å². The molecule has 54 valence electrons. The molecular formula is C8H11NS. The first-order chi connectivity index (χ1) is 4.74. The Hall–Kier alpha value is -0.630. The highest BCUT2D eigenvalue weighted by Gasteiger charge is 1.98. The van der Waals surface area contributed by atoms with Crippen LogP contribution in [-0.4, -0.2) is 4.98 Å². The zero-order valence-electron chi connectivity index (χ0n) is 6.35. The Kier molecular flexibility index (Phi) is 2.22. The number of aromatic nitrogens is 1. The summed E-state index contributed by atoms with van der Waals surface area (Å²) in [5.41, 5.74) is 2.23. The number of thiazole rings is 1. The maximum atomic E-state index is 4.35. The Bertz CT molecular complexity index is 237. The molecule has 0 aliphatic carbocycles. The molecule has 0 aliphatic heterocycles. The van der Waals surface area contributed by atoms with Crippen molar-refractivity contribution in [3.63, 3.8) is 0 Å². The molecule has 1 aromatic rings. The lowest BCUT2D eigenvalue weighted by molar-refractivity contribution is 1.06. The topological polar surface area (TPSA) is 12.9 Å². The molecule has 1 heterocycles. The van der Waals surface area contributed by atoms with Gasteiger partial charge >= 0.3 is 0 Å². The third-order valence-corrected chi connectivity index (χ3v) is 2.33. The molecule has 2 heteroatoms. The predicted molar refractivity (Wildman–Crippen MR) is 46.2 cm³/mol. The summed E-state index contributed by atoms with van der Waals surface area (Å²) in [4.78, 5) is 4.35. The van der Waals surface area contributed by atoms with Gasteiger partial charge in [-0.25, -0.2) is 4.98 Å². The molecule has 0 fully saturated rings. The van der Waals surface area contributed by atoms with Gasteiger partial charge in [-0.05, 0) is 18.9 Å². The average molecular weight is 153 g/mol. The van der Waals surface area contributed by atoms with Gasteiger partial charge in [0.1, 0.15) is 5.01 Å². The molecule has 0 bridgehead atoms. The van der Waals surface area contributed by atoms with Crippen LogP contribution in [0.2, 0.25) is 0 Å². The first-order valence-corrected chi connectivity index (χ1v) is 4.22. The molecule has 1 rings (SSSR count). The number of nitrogens with zero attached hydrogens (tertiary/aromatic N) is 1. The van der Waals surface area contributed by atoms with Crippen LogP contribution in [0, 0.1) is 0 Å². The summed E-state index contributed by atoms with van der Waals surface area (Å²) in [6.07, 6.45) is 1.02. The van der Waals surface area contributed by atoms with E-state index in [0.717, 1.165) is 17.0 Å². The Morgan fingerprint density at radius 1 is 1.80 bits per heavy atom.